The maximum atomic E-state index is 11.0. The lowest BCUT2D eigenvalue weighted by Crippen LogP contribution is -2.19. The lowest BCUT2D eigenvalue weighted by atomic mass is 9.94. The first kappa shape index (κ1) is 14.0. The van der Waals surface area contributed by atoms with E-state index in [4.69, 9.17) is 26.2 Å². The van der Waals surface area contributed by atoms with Gasteiger partial charge in [-0.1, -0.05) is 25.4 Å². The van der Waals surface area contributed by atoms with Crippen molar-refractivity contribution < 1.29 is 19.4 Å². The van der Waals surface area contributed by atoms with Gasteiger partial charge in [0.25, 0.3) is 0 Å². The van der Waals surface area contributed by atoms with Crippen LogP contribution in [0, 0.1) is 5.92 Å². The molecule has 0 fully saturated rings. The molecule has 5 heteroatoms. The zero-order valence-electron chi connectivity index (χ0n) is 11.0. The number of carboxylic acids is 1. The summed E-state index contributed by atoms with van der Waals surface area (Å²) in [6, 6.07) is 1.80. The number of carboxylic acid groups (broad SMARTS) is 1. The van der Waals surface area contributed by atoms with Gasteiger partial charge in [0.2, 0.25) is 0 Å². The third-order valence-corrected chi connectivity index (χ3v) is 3.54. The zero-order valence-corrected chi connectivity index (χ0v) is 11.8. The fourth-order valence-electron chi connectivity index (χ4n) is 2.26. The molecule has 0 saturated carbocycles. The Hall–Kier alpha value is -1.42. The predicted octanol–water partition coefficient (Wildman–Crippen LogP) is 2.94. The summed E-state index contributed by atoms with van der Waals surface area (Å²) in [5, 5.41) is 9.51. The standard InChI is InChI=1S/C14H17ClO4/c1-3-10-9(6-8(2)14(16)17)7-11(15)13-12(10)18-4-5-19-13/h7-8H,3-6H2,1-2H3,(H,16,17). The molecule has 1 heterocycles. The predicted molar refractivity (Wildman–Crippen MR) is 72.3 cm³/mol. The van der Waals surface area contributed by atoms with Crippen LogP contribution in [0.1, 0.15) is 25.0 Å². The van der Waals surface area contributed by atoms with E-state index in [9.17, 15) is 4.79 Å². The van der Waals surface area contributed by atoms with E-state index in [1.807, 2.05) is 6.92 Å². The van der Waals surface area contributed by atoms with Crippen molar-refractivity contribution in [2.45, 2.75) is 26.7 Å². The highest BCUT2D eigenvalue weighted by molar-refractivity contribution is 6.32. The molecule has 0 amide bonds. The molecule has 4 nitrogen and oxygen atoms in total. The second-order valence-corrected chi connectivity index (χ2v) is 5.06. The molecule has 19 heavy (non-hydrogen) atoms. The normalized spacial score (nSPS) is 15.1. The molecule has 1 atom stereocenters. The number of fused-ring (bicyclic) bond motifs is 1. The third-order valence-electron chi connectivity index (χ3n) is 3.26. The maximum absolute atomic E-state index is 11.0. The number of halogens is 1. The van der Waals surface area contributed by atoms with Gasteiger partial charge in [-0.25, -0.2) is 0 Å². The summed E-state index contributed by atoms with van der Waals surface area (Å²) < 4.78 is 11.2. The summed E-state index contributed by atoms with van der Waals surface area (Å²) in [4.78, 5) is 11.0. The fourth-order valence-corrected chi connectivity index (χ4v) is 2.53. The Morgan fingerprint density at radius 3 is 2.63 bits per heavy atom. The maximum Gasteiger partial charge on any atom is 0.306 e. The first-order valence-electron chi connectivity index (χ1n) is 6.37. The van der Waals surface area contributed by atoms with Gasteiger partial charge in [-0.3, -0.25) is 4.79 Å². The molecule has 1 aromatic carbocycles. The van der Waals surface area contributed by atoms with E-state index in [1.165, 1.54) is 0 Å². The summed E-state index contributed by atoms with van der Waals surface area (Å²) >= 11 is 6.19. The van der Waals surface area contributed by atoms with Crippen molar-refractivity contribution in [2.75, 3.05) is 13.2 Å². The highest BCUT2D eigenvalue weighted by atomic mass is 35.5. The van der Waals surface area contributed by atoms with E-state index < -0.39 is 11.9 Å². The molecule has 1 N–H and O–H groups in total. The molecule has 1 aliphatic rings. The molecule has 0 radical (unpaired) electrons. The van der Waals surface area contributed by atoms with Gasteiger partial charge in [0.05, 0.1) is 10.9 Å². The molecular formula is C14H17ClO4. The second-order valence-electron chi connectivity index (χ2n) is 4.65. The van der Waals surface area contributed by atoms with E-state index in [-0.39, 0.29) is 0 Å². The van der Waals surface area contributed by atoms with Crippen LogP contribution in [0.15, 0.2) is 6.07 Å². The summed E-state index contributed by atoms with van der Waals surface area (Å²) in [5.74, 6) is -0.0117. The average molecular weight is 285 g/mol. The van der Waals surface area contributed by atoms with Gasteiger partial charge in [-0.05, 0) is 24.5 Å². The largest absolute Gasteiger partial charge is 0.486 e. The summed E-state index contributed by atoms with van der Waals surface area (Å²) in [5.41, 5.74) is 1.92. The van der Waals surface area contributed by atoms with Gasteiger partial charge >= 0.3 is 5.97 Å². The first-order valence-corrected chi connectivity index (χ1v) is 6.75. The van der Waals surface area contributed by atoms with Crippen LogP contribution >= 0.6 is 11.6 Å². The Balaban J connectivity index is 2.43. The first-order chi connectivity index (χ1) is 9.04. The average Bonchev–Trinajstić information content (AvgIpc) is 2.39. The molecule has 0 aromatic heterocycles. The van der Waals surface area contributed by atoms with Crippen LogP contribution in [0.4, 0.5) is 0 Å². The van der Waals surface area contributed by atoms with Gasteiger partial charge in [-0.15, -0.1) is 0 Å². The summed E-state index contributed by atoms with van der Waals surface area (Å²) in [6.45, 7) is 4.68. The Kier molecular flexibility index (Phi) is 4.20. The van der Waals surface area contributed by atoms with Crippen molar-refractivity contribution in [2.24, 2.45) is 5.92 Å². The number of hydrogen-bond donors (Lipinski definition) is 1. The van der Waals surface area contributed by atoms with Crippen molar-refractivity contribution >= 4 is 17.6 Å². The van der Waals surface area contributed by atoms with Crippen LogP contribution < -0.4 is 9.47 Å². The van der Waals surface area contributed by atoms with E-state index in [0.29, 0.717) is 36.2 Å². The minimum Gasteiger partial charge on any atom is -0.486 e. The Morgan fingerprint density at radius 2 is 2.05 bits per heavy atom. The molecule has 1 aliphatic heterocycles. The zero-order chi connectivity index (χ0) is 14.0. The molecule has 0 aliphatic carbocycles. The second kappa shape index (κ2) is 5.70. The minimum atomic E-state index is -0.812. The monoisotopic (exact) mass is 284 g/mol. The topological polar surface area (TPSA) is 55.8 Å². The van der Waals surface area contributed by atoms with Gasteiger partial charge in [-0.2, -0.15) is 0 Å². The molecule has 0 spiro atoms. The van der Waals surface area contributed by atoms with Gasteiger partial charge in [0.1, 0.15) is 13.2 Å². The lowest BCUT2D eigenvalue weighted by molar-refractivity contribution is -0.141. The van der Waals surface area contributed by atoms with Gasteiger partial charge in [0.15, 0.2) is 11.5 Å². The molecule has 2 rings (SSSR count). The molecule has 0 bridgehead atoms. The van der Waals surface area contributed by atoms with Crippen LogP contribution in [0.5, 0.6) is 11.5 Å². The Morgan fingerprint density at radius 1 is 1.42 bits per heavy atom. The molecule has 1 unspecified atom stereocenters. The third kappa shape index (κ3) is 2.78. The van der Waals surface area contributed by atoms with E-state index in [0.717, 1.165) is 17.5 Å². The van der Waals surface area contributed by atoms with Crippen molar-refractivity contribution in [3.63, 3.8) is 0 Å². The number of carbonyl (C=O) groups is 1. The van der Waals surface area contributed by atoms with Crippen LogP contribution in [0.3, 0.4) is 0 Å². The number of rotatable bonds is 4. The lowest BCUT2D eigenvalue weighted by Gasteiger charge is -2.24. The van der Waals surface area contributed by atoms with Gasteiger partial charge in [0, 0.05) is 5.56 Å². The van der Waals surface area contributed by atoms with Crippen molar-refractivity contribution in [3.8, 4) is 11.5 Å². The van der Waals surface area contributed by atoms with Crippen molar-refractivity contribution in [3.05, 3.63) is 22.2 Å². The van der Waals surface area contributed by atoms with Crippen LogP contribution in [0.25, 0.3) is 0 Å². The number of benzene rings is 1. The number of ether oxygens (including phenoxy) is 2. The van der Waals surface area contributed by atoms with Crippen molar-refractivity contribution in [1.29, 1.82) is 0 Å². The van der Waals surface area contributed by atoms with E-state index in [1.54, 1.807) is 13.0 Å². The molecule has 0 saturated heterocycles. The molecular weight excluding hydrogens is 268 g/mol. The van der Waals surface area contributed by atoms with Crippen LogP contribution in [-0.2, 0) is 17.6 Å². The number of aliphatic carboxylic acids is 1. The number of hydrogen-bond acceptors (Lipinski definition) is 3. The van der Waals surface area contributed by atoms with E-state index in [2.05, 4.69) is 0 Å². The SMILES string of the molecule is CCc1c(CC(C)C(=O)O)cc(Cl)c2c1OCCO2. The van der Waals surface area contributed by atoms with E-state index >= 15 is 0 Å². The Bertz CT molecular complexity index is 499. The highest BCUT2D eigenvalue weighted by Gasteiger charge is 2.23. The highest BCUT2D eigenvalue weighted by Crippen LogP contribution is 2.42. The molecule has 104 valence electrons. The van der Waals surface area contributed by atoms with Gasteiger partial charge < -0.3 is 14.6 Å². The van der Waals surface area contributed by atoms with Crippen LogP contribution in [0.2, 0.25) is 5.02 Å². The summed E-state index contributed by atoms with van der Waals surface area (Å²) in [6.07, 6.45) is 1.19. The Labute approximate surface area is 117 Å². The smallest absolute Gasteiger partial charge is 0.306 e. The fraction of sp³-hybridized carbons (Fsp3) is 0.500. The quantitative estimate of drug-likeness (QED) is 0.923. The molecule has 1 aromatic rings. The minimum absolute atomic E-state index is 0.439. The van der Waals surface area contributed by atoms with Crippen LogP contribution in [-0.4, -0.2) is 24.3 Å². The van der Waals surface area contributed by atoms with Crippen molar-refractivity contribution in [1.82, 2.24) is 0 Å². The summed E-state index contributed by atoms with van der Waals surface area (Å²) in [7, 11) is 0.